The van der Waals surface area contributed by atoms with E-state index in [1.807, 2.05) is 42.0 Å². The SMILES string of the molecule is CCCCCCCCCCCCCCOCC(COCCCCCCCCCCCCCC)(COCC[N+](C)(C)CC(=O)OCC)COCC[N+](C)(C)CC(=O)OCC.[Br-].[Br-]. The zero-order valence-electron chi connectivity index (χ0n) is 41.3. The van der Waals surface area contributed by atoms with Gasteiger partial charge in [0.05, 0.1) is 86.5 Å². The first kappa shape index (κ1) is 64.9. The Bertz CT molecular complexity index is 886. The number of nitrogens with zero attached hydrogens (tertiary/aromatic N) is 2. The Morgan fingerprint density at radius 2 is 0.623 bits per heavy atom. The largest absolute Gasteiger partial charge is 1.00 e. The third-order valence-corrected chi connectivity index (χ3v) is 11.3. The van der Waals surface area contributed by atoms with E-state index in [9.17, 15) is 9.59 Å². The molecule has 0 aromatic heterocycles. The molecular weight excluding hydrogens is 904 g/mol. The van der Waals surface area contributed by atoms with Gasteiger partial charge in [-0.05, 0) is 26.7 Å². The van der Waals surface area contributed by atoms with E-state index in [-0.39, 0.29) is 45.9 Å². The summed E-state index contributed by atoms with van der Waals surface area (Å²) in [6.45, 7) is 15.2. The molecule has 0 radical (unpaired) electrons. The average Bonchev–Trinajstić information content (AvgIpc) is 3.18. The number of unbranched alkanes of at least 4 members (excludes halogenated alkanes) is 22. The fraction of sp³-hybridized carbons (Fsp3) is 0.959. The molecule has 0 rings (SSSR count). The predicted molar refractivity (Wildman–Crippen MR) is 245 cm³/mol. The molecule has 368 valence electrons. The van der Waals surface area contributed by atoms with Gasteiger partial charge < -0.3 is 71.4 Å². The van der Waals surface area contributed by atoms with Crippen LogP contribution in [0, 0.1) is 5.41 Å². The zero-order valence-corrected chi connectivity index (χ0v) is 44.5. The number of quaternary nitrogens is 2. The van der Waals surface area contributed by atoms with E-state index in [1.54, 1.807) is 0 Å². The van der Waals surface area contributed by atoms with Crippen LogP contribution in [0.4, 0.5) is 0 Å². The highest BCUT2D eigenvalue weighted by Crippen LogP contribution is 2.23. The van der Waals surface area contributed by atoms with Crippen LogP contribution >= 0.6 is 0 Å². The minimum Gasteiger partial charge on any atom is -1.00 e. The fourth-order valence-corrected chi connectivity index (χ4v) is 7.39. The van der Waals surface area contributed by atoms with Crippen molar-refractivity contribution < 1.29 is 80.9 Å². The molecule has 0 atom stereocenters. The molecule has 0 aromatic carbocycles. The van der Waals surface area contributed by atoms with Crippen molar-refractivity contribution in [3.63, 3.8) is 0 Å². The molecule has 12 heteroatoms. The number of hydrogen-bond acceptors (Lipinski definition) is 8. The van der Waals surface area contributed by atoms with E-state index in [0.29, 0.717) is 101 Å². The normalized spacial score (nSPS) is 11.9. The van der Waals surface area contributed by atoms with Crippen LogP contribution in [0.5, 0.6) is 0 Å². The number of rotatable bonds is 46. The molecule has 61 heavy (non-hydrogen) atoms. The van der Waals surface area contributed by atoms with Crippen LogP contribution in [0.1, 0.15) is 182 Å². The second-order valence-corrected chi connectivity index (χ2v) is 18.7. The molecule has 0 spiro atoms. The predicted octanol–water partition coefficient (Wildman–Crippen LogP) is 4.73. The van der Waals surface area contributed by atoms with Gasteiger partial charge in [0.2, 0.25) is 0 Å². The van der Waals surface area contributed by atoms with Gasteiger partial charge >= 0.3 is 11.9 Å². The van der Waals surface area contributed by atoms with Gasteiger partial charge in [0.1, 0.15) is 13.1 Å². The monoisotopic (exact) mass is 1000 g/mol. The lowest BCUT2D eigenvalue weighted by Gasteiger charge is -2.35. The maximum absolute atomic E-state index is 12.2. The first-order valence-corrected chi connectivity index (χ1v) is 24.7. The summed E-state index contributed by atoms with van der Waals surface area (Å²) < 4.78 is 37.1. The van der Waals surface area contributed by atoms with E-state index in [2.05, 4.69) is 13.8 Å². The molecule has 0 heterocycles. The standard InChI is InChI=1S/C49H100N2O8.2BrH/c1-9-13-15-17-19-21-23-25-27-29-31-33-37-54-43-49(45-56-39-35-50(5,6)41-47(52)58-11-3,46-57-40-36-51(7,8)42-48(53)59-12-4)44-55-38-34-32-30-28-26-24-22-20-18-16-14-10-2;;/h9-46H2,1-8H3;2*1H/q+2;;/p-2. The summed E-state index contributed by atoms with van der Waals surface area (Å²) in [5, 5.41) is 0. The molecule has 10 nitrogen and oxygen atoms in total. The lowest BCUT2D eigenvalue weighted by molar-refractivity contribution is -0.883. The van der Waals surface area contributed by atoms with Crippen LogP contribution < -0.4 is 34.0 Å². The van der Waals surface area contributed by atoms with E-state index < -0.39 is 5.41 Å². The van der Waals surface area contributed by atoms with Gasteiger partial charge in [-0.2, -0.15) is 0 Å². The second-order valence-electron chi connectivity index (χ2n) is 18.7. The first-order valence-electron chi connectivity index (χ1n) is 24.7. The van der Waals surface area contributed by atoms with Crippen molar-refractivity contribution in [2.24, 2.45) is 5.41 Å². The lowest BCUT2D eigenvalue weighted by atomic mass is 9.92. The highest BCUT2D eigenvalue weighted by molar-refractivity contribution is 5.70. The molecular formula is C49H100Br2N2O8. The smallest absolute Gasteiger partial charge is 0.361 e. The number of hydrogen-bond donors (Lipinski definition) is 0. The number of ether oxygens (including phenoxy) is 6. The van der Waals surface area contributed by atoms with E-state index in [4.69, 9.17) is 28.4 Å². The van der Waals surface area contributed by atoms with Crippen LogP contribution in [0.25, 0.3) is 0 Å². The maximum atomic E-state index is 12.2. The Labute approximate surface area is 398 Å². The average molecular weight is 1010 g/mol. The molecule has 0 N–H and O–H groups in total. The van der Waals surface area contributed by atoms with Gasteiger partial charge in [-0.3, -0.25) is 0 Å². The van der Waals surface area contributed by atoms with Gasteiger partial charge in [0.15, 0.2) is 13.1 Å². The summed E-state index contributed by atoms with van der Waals surface area (Å²) in [4.78, 5) is 24.5. The Kier molecular flexibility index (Phi) is 47.7. The van der Waals surface area contributed by atoms with Gasteiger partial charge in [-0.15, -0.1) is 0 Å². The highest BCUT2D eigenvalue weighted by atomic mass is 79.9. The zero-order chi connectivity index (χ0) is 43.8. The van der Waals surface area contributed by atoms with Gasteiger partial charge in [0.25, 0.3) is 0 Å². The van der Waals surface area contributed by atoms with Crippen LogP contribution in [-0.4, -0.2) is 141 Å². The number of carbonyl (C=O) groups is 2. The molecule has 0 bridgehead atoms. The van der Waals surface area contributed by atoms with Crippen molar-refractivity contribution in [2.75, 3.05) is 120 Å². The first-order chi connectivity index (χ1) is 28.4. The van der Waals surface area contributed by atoms with E-state index in [0.717, 1.165) is 12.8 Å². The highest BCUT2D eigenvalue weighted by Gasteiger charge is 2.34. The molecule has 0 unspecified atom stereocenters. The second kappa shape index (κ2) is 44.8. The fourth-order valence-electron chi connectivity index (χ4n) is 7.39. The number of halogens is 2. The third-order valence-electron chi connectivity index (χ3n) is 11.3. The van der Waals surface area contributed by atoms with Crippen molar-refractivity contribution in [2.45, 2.75) is 182 Å². The van der Waals surface area contributed by atoms with E-state index >= 15 is 0 Å². The molecule has 0 fully saturated rings. The number of esters is 2. The molecule has 0 aliphatic rings. The number of carbonyl (C=O) groups excluding carboxylic acids is 2. The topological polar surface area (TPSA) is 89.5 Å². The van der Waals surface area contributed by atoms with Crippen LogP contribution in [0.2, 0.25) is 0 Å². The van der Waals surface area contributed by atoms with E-state index in [1.165, 1.54) is 141 Å². The van der Waals surface area contributed by atoms with Crippen molar-refractivity contribution in [3.8, 4) is 0 Å². The molecule has 0 aliphatic heterocycles. The van der Waals surface area contributed by atoms with Gasteiger partial charge in [-0.25, -0.2) is 9.59 Å². The summed E-state index contributed by atoms with van der Waals surface area (Å²) >= 11 is 0. The minimum absolute atomic E-state index is 0. The van der Waals surface area contributed by atoms with Crippen molar-refractivity contribution in [1.29, 1.82) is 0 Å². The van der Waals surface area contributed by atoms with Crippen molar-refractivity contribution >= 4 is 11.9 Å². The quantitative estimate of drug-likeness (QED) is 0.0493. The summed E-state index contributed by atoms with van der Waals surface area (Å²) in [6, 6.07) is 0. The van der Waals surface area contributed by atoms with Crippen LogP contribution in [-0.2, 0) is 38.0 Å². The van der Waals surface area contributed by atoms with Gasteiger partial charge in [0, 0.05) is 13.2 Å². The molecule has 0 aliphatic carbocycles. The summed E-state index contributed by atoms with van der Waals surface area (Å²) in [5.41, 5.74) is -0.481. The minimum atomic E-state index is -0.481. The molecule has 0 amide bonds. The van der Waals surface area contributed by atoms with Gasteiger partial charge in [-0.1, -0.05) is 155 Å². The summed E-state index contributed by atoms with van der Waals surface area (Å²) in [6.07, 6.45) is 31.5. The Morgan fingerprint density at radius 3 is 0.885 bits per heavy atom. The lowest BCUT2D eigenvalue weighted by Crippen LogP contribution is -3.00. The summed E-state index contributed by atoms with van der Waals surface area (Å²) in [5.74, 6) is -0.385. The van der Waals surface area contributed by atoms with Crippen LogP contribution in [0.15, 0.2) is 0 Å². The van der Waals surface area contributed by atoms with Crippen molar-refractivity contribution in [3.05, 3.63) is 0 Å². The van der Waals surface area contributed by atoms with Crippen molar-refractivity contribution in [1.82, 2.24) is 0 Å². The Morgan fingerprint density at radius 1 is 0.377 bits per heavy atom. The summed E-state index contributed by atoms with van der Waals surface area (Å²) in [7, 11) is 8.12. The van der Waals surface area contributed by atoms with Crippen LogP contribution in [0.3, 0.4) is 0 Å². The Hall–Kier alpha value is -0.340. The number of likely N-dealkylation sites (N-methyl/N-ethyl adjacent to an activating group) is 2. The molecule has 0 saturated heterocycles. The third kappa shape index (κ3) is 43.3. The molecule has 0 saturated carbocycles. The maximum Gasteiger partial charge on any atom is 0.361 e. The molecule has 0 aromatic rings. The Balaban J connectivity index is -0.0000168.